The van der Waals surface area contributed by atoms with E-state index in [1.165, 1.54) is 6.92 Å². The molecule has 1 aromatic carbocycles. The van der Waals surface area contributed by atoms with Crippen molar-refractivity contribution in [1.82, 2.24) is 20.9 Å². The Kier molecular flexibility index (Phi) is 10.2. The predicted octanol–water partition coefficient (Wildman–Crippen LogP) is 3.15. The van der Waals surface area contributed by atoms with E-state index in [-0.39, 0.29) is 29.4 Å². The second-order valence-electron chi connectivity index (χ2n) is 11.0. The average Bonchev–Trinajstić information content (AvgIpc) is 3.64. The van der Waals surface area contributed by atoms with Gasteiger partial charge in [-0.2, -0.15) is 0 Å². The zero-order chi connectivity index (χ0) is 27.7. The van der Waals surface area contributed by atoms with Crippen LogP contribution in [0.25, 0.3) is 0 Å². The maximum Gasteiger partial charge on any atom is 0.243 e. The highest BCUT2D eigenvalue weighted by atomic mass is 16.2. The number of carbonyl (C=O) groups is 4. The Morgan fingerprint density at radius 1 is 0.842 bits per heavy atom. The van der Waals surface area contributed by atoms with Gasteiger partial charge in [0.05, 0.1) is 6.04 Å². The molecule has 8 heteroatoms. The molecule has 0 radical (unpaired) electrons. The molecule has 1 saturated carbocycles. The van der Waals surface area contributed by atoms with E-state index in [0.29, 0.717) is 19.3 Å². The van der Waals surface area contributed by atoms with Crippen LogP contribution in [0.5, 0.6) is 0 Å². The van der Waals surface area contributed by atoms with Crippen molar-refractivity contribution in [2.75, 3.05) is 0 Å². The number of ketones is 1. The molecule has 1 unspecified atom stereocenters. The summed E-state index contributed by atoms with van der Waals surface area (Å²) in [7, 11) is 0. The number of rotatable bonds is 14. The van der Waals surface area contributed by atoms with E-state index in [1.807, 2.05) is 51.1 Å². The van der Waals surface area contributed by atoms with Crippen LogP contribution in [0.15, 0.2) is 54.9 Å². The van der Waals surface area contributed by atoms with E-state index in [1.54, 1.807) is 24.5 Å². The lowest BCUT2D eigenvalue weighted by atomic mass is 9.91. The highest BCUT2D eigenvalue weighted by Gasteiger charge is 2.48. The fourth-order valence-electron chi connectivity index (χ4n) is 4.54. The fraction of sp³-hybridized carbons (Fsp3) is 0.500. The minimum absolute atomic E-state index is 0.0486. The molecule has 0 bridgehead atoms. The van der Waals surface area contributed by atoms with E-state index in [9.17, 15) is 19.2 Å². The average molecular weight is 521 g/mol. The number of hydrogen-bond donors (Lipinski definition) is 3. The summed E-state index contributed by atoms with van der Waals surface area (Å²) in [6, 6.07) is 10.9. The van der Waals surface area contributed by atoms with Gasteiger partial charge in [-0.25, -0.2) is 0 Å². The molecule has 8 nitrogen and oxygen atoms in total. The Labute approximate surface area is 225 Å². The van der Waals surface area contributed by atoms with Crippen molar-refractivity contribution in [2.24, 2.45) is 11.3 Å². The number of carbonyl (C=O) groups excluding carboxylic acids is 4. The van der Waals surface area contributed by atoms with E-state index in [4.69, 9.17) is 0 Å². The molecule has 2 aromatic rings. The van der Waals surface area contributed by atoms with Crippen LogP contribution in [0.4, 0.5) is 0 Å². The third-order valence-corrected chi connectivity index (χ3v) is 7.02. The topological polar surface area (TPSA) is 117 Å². The first-order valence-corrected chi connectivity index (χ1v) is 13.4. The van der Waals surface area contributed by atoms with Crippen molar-refractivity contribution in [3.8, 4) is 0 Å². The highest BCUT2D eigenvalue weighted by Crippen LogP contribution is 2.47. The largest absolute Gasteiger partial charge is 0.345 e. The molecule has 1 aliphatic rings. The van der Waals surface area contributed by atoms with Crippen molar-refractivity contribution in [1.29, 1.82) is 0 Å². The number of nitrogens with zero attached hydrogens (tertiary/aromatic N) is 1. The third-order valence-electron chi connectivity index (χ3n) is 7.02. The Balaban J connectivity index is 1.77. The van der Waals surface area contributed by atoms with Gasteiger partial charge in [0.15, 0.2) is 5.78 Å². The minimum atomic E-state index is -0.924. The Bertz CT molecular complexity index is 1100. The molecule has 3 N–H and O–H groups in total. The number of pyridine rings is 1. The van der Waals surface area contributed by atoms with Gasteiger partial charge in [0.2, 0.25) is 17.7 Å². The lowest BCUT2D eigenvalue weighted by Crippen LogP contribution is -2.57. The van der Waals surface area contributed by atoms with Crippen LogP contribution in [0.3, 0.4) is 0 Å². The summed E-state index contributed by atoms with van der Waals surface area (Å²) in [6.07, 6.45) is 6.64. The van der Waals surface area contributed by atoms with E-state index >= 15 is 0 Å². The molecule has 38 heavy (non-hydrogen) atoms. The van der Waals surface area contributed by atoms with Gasteiger partial charge in [0.25, 0.3) is 0 Å². The molecular weight excluding hydrogens is 480 g/mol. The van der Waals surface area contributed by atoms with Gasteiger partial charge in [-0.3, -0.25) is 24.2 Å². The van der Waals surface area contributed by atoms with E-state index in [0.717, 1.165) is 24.0 Å². The van der Waals surface area contributed by atoms with Crippen LogP contribution in [-0.4, -0.2) is 46.6 Å². The van der Waals surface area contributed by atoms with Crippen LogP contribution < -0.4 is 16.0 Å². The van der Waals surface area contributed by atoms with Crippen molar-refractivity contribution in [2.45, 2.75) is 84.3 Å². The zero-order valence-corrected chi connectivity index (χ0v) is 22.8. The number of aromatic nitrogens is 1. The van der Waals surface area contributed by atoms with Gasteiger partial charge >= 0.3 is 0 Å². The molecule has 0 saturated heterocycles. The van der Waals surface area contributed by atoms with Crippen molar-refractivity contribution >= 4 is 23.5 Å². The third kappa shape index (κ3) is 8.78. The van der Waals surface area contributed by atoms with Gasteiger partial charge in [-0.15, -0.1) is 0 Å². The predicted molar refractivity (Wildman–Crippen MR) is 146 cm³/mol. The molecule has 0 aliphatic heterocycles. The highest BCUT2D eigenvalue weighted by molar-refractivity contribution is 5.97. The lowest BCUT2D eigenvalue weighted by Gasteiger charge is -2.27. The fourth-order valence-corrected chi connectivity index (χ4v) is 4.54. The first kappa shape index (κ1) is 29.0. The maximum atomic E-state index is 13.6. The summed E-state index contributed by atoms with van der Waals surface area (Å²) in [5.74, 6) is -0.919. The van der Waals surface area contributed by atoms with Crippen LogP contribution in [0.2, 0.25) is 0 Å². The molecule has 204 valence electrons. The summed E-state index contributed by atoms with van der Waals surface area (Å²) in [5.41, 5.74) is 1.48. The van der Waals surface area contributed by atoms with Crippen LogP contribution in [-0.2, 0) is 32.0 Å². The molecular formula is C30H40N4O4. The normalized spacial score (nSPS) is 16.1. The molecule has 3 atom stereocenters. The second kappa shape index (κ2) is 13.3. The van der Waals surface area contributed by atoms with Crippen molar-refractivity contribution in [3.05, 3.63) is 66.0 Å². The molecule has 1 aliphatic carbocycles. The lowest BCUT2D eigenvalue weighted by molar-refractivity contribution is -0.134. The van der Waals surface area contributed by atoms with Crippen molar-refractivity contribution < 1.29 is 19.2 Å². The Morgan fingerprint density at radius 2 is 1.45 bits per heavy atom. The Morgan fingerprint density at radius 3 is 2.03 bits per heavy atom. The molecule has 3 amide bonds. The number of nitrogens with one attached hydrogen (secondary N) is 3. The van der Waals surface area contributed by atoms with Crippen molar-refractivity contribution in [3.63, 3.8) is 0 Å². The van der Waals surface area contributed by atoms with Gasteiger partial charge < -0.3 is 16.0 Å². The van der Waals surface area contributed by atoms with Crippen LogP contribution in [0, 0.1) is 11.3 Å². The number of Topliss-reactive ketones (excluding diaryl/α,β-unsaturated/α-hetero) is 1. The molecule has 1 aromatic heterocycles. The monoisotopic (exact) mass is 520 g/mol. The van der Waals surface area contributed by atoms with Gasteiger partial charge in [0, 0.05) is 31.2 Å². The SMILES string of the molecule is CC(=O)N[C@@H](CCc1ccccc1)C(=O)N[C@@H](Cc1ccncc1)C(=O)NC(CC(C)C)C(=O)C1(C)CC1. The number of hydrogen-bond acceptors (Lipinski definition) is 5. The number of aryl methyl sites for hydroxylation is 1. The first-order valence-electron chi connectivity index (χ1n) is 13.4. The molecule has 3 rings (SSSR count). The molecule has 1 fully saturated rings. The summed E-state index contributed by atoms with van der Waals surface area (Å²) < 4.78 is 0. The van der Waals surface area contributed by atoms with Gasteiger partial charge in [-0.05, 0) is 61.3 Å². The number of amides is 3. The minimum Gasteiger partial charge on any atom is -0.345 e. The quantitative estimate of drug-likeness (QED) is 0.354. The standard InChI is InChI=1S/C30H40N4O4/c1-20(2)18-25(27(36)30(4)14-15-30)33-29(38)26(19-23-12-16-31-17-13-23)34-28(37)24(32-21(3)35)11-10-22-8-6-5-7-9-22/h5-9,12-13,16-17,20,24-26H,10-11,14-15,18-19H2,1-4H3,(H,32,35)(H,33,38)(H,34,37)/t24-,25?,26-/m0/s1. The smallest absolute Gasteiger partial charge is 0.243 e. The summed E-state index contributed by atoms with van der Waals surface area (Å²) >= 11 is 0. The zero-order valence-electron chi connectivity index (χ0n) is 22.8. The van der Waals surface area contributed by atoms with Crippen LogP contribution in [0.1, 0.15) is 64.5 Å². The first-order chi connectivity index (χ1) is 18.1. The number of benzene rings is 1. The van der Waals surface area contributed by atoms with E-state index < -0.39 is 29.9 Å². The summed E-state index contributed by atoms with van der Waals surface area (Å²) in [6.45, 7) is 7.34. The molecule has 0 spiro atoms. The van der Waals surface area contributed by atoms with Gasteiger partial charge in [-0.1, -0.05) is 51.1 Å². The second-order valence-corrected chi connectivity index (χ2v) is 11.0. The summed E-state index contributed by atoms with van der Waals surface area (Å²) in [5, 5.41) is 8.54. The maximum absolute atomic E-state index is 13.6. The van der Waals surface area contributed by atoms with Crippen LogP contribution >= 0.6 is 0 Å². The van der Waals surface area contributed by atoms with Gasteiger partial charge in [0.1, 0.15) is 12.1 Å². The molecule has 1 heterocycles. The van der Waals surface area contributed by atoms with E-state index in [2.05, 4.69) is 20.9 Å². The summed E-state index contributed by atoms with van der Waals surface area (Å²) in [4.78, 5) is 56.1. The Hall–Kier alpha value is -3.55.